The molecule has 3 aromatic carbocycles. The van der Waals surface area contributed by atoms with E-state index < -0.39 is 44.0 Å². The number of unbranched alkanes of at least 4 members (excludes halogenated alkanes) is 1. The van der Waals surface area contributed by atoms with E-state index in [0.29, 0.717) is 39.6 Å². The smallest absolute Gasteiger partial charge is 0.321 e. The summed E-state index contributed by atoms with van der Waals surface area (Å²) in [6, 6.07) is 12.0. The summed E-state index contributed by atoms with van der Waals surface area (Å²) >= 11 is 12.8. The number of aromatic nitrogens is 2. The van der Waals surface area contributed by atoms with Crippen LogP contribution in [0.5, 0.6) is 5.75 Å². The van der Waals surface area contributed by atoms with E-state index in [9.17, 15) is 22.7 Å². The molecule has 0 spiro atoms. The molecule has 0 amide bonds. The minimum absolute atomic E-state index is 0.0509. The Kier molecular flexibility index (Phi) is 12.4. The molecule has 0 saturated heterocycles. The van der Waals surface area contributed by atoms with Gasteiger partial charge in [0.25, 0.3) is 0 Å². The van der Waals surface area contributed by atoms with Gasteiger partial charge in [0.15, 0.2) is 0 Å². The quantitative estimate of drug-likeness (QED) is 0.0927. The average Bonchev–Trinajstić information content (AvgIpc) is 3.46. The van der Waals surface area contributed by atoms with Crippen LogP contribution in [-0.2, 0) is 33.1 Å². The molecule has 270 valence electrons. The number of nitrogens with one attached hydrogen (secondary N) is 1. The number of hydrogen-bond acceptors (Lipinski definition) is 5. The molecule has 0 radical (unpaired) electrons. The van der Waals surface area contributed by atoms with E-state index in [1.54, 1.807) is 24.4 Å². The van der Waals surface area contributed by atoms with Crippen molar-refractivity contribution in [2.75, 3.05) is 34.8 Å². The zero-order valence-electron chi connectivity index (χ0n) is 28.9. The van der Waals surface area contributed by atoms with Crippen molar-refractivity contribution in [2.45, 2.75) is 62.3 Å². The van der Waals surface area contributed by atoms with Gasteiger partial charge < -0.3 is 14.3 Å². The standard InChI is InChI=1S/C36H42Cl2F2N4O5S/c1-36(2,23-10-16-28(37)32(19-23)49-6)33-22-41-34(43(33)25-13-11-24(39)12-14-25)17-15-27-29(38)20-26(21-30(27)40)50(47,48)42-31(35(45)46)9-7-8-18-44(3,4)5/h10-14,16,19-22,31,42H,7-9,15,17-18H2,1-6H3/p+1. The minimum atomic E-state index is -4.42. The van der Waals surface area contributed by atoms with E-state index in [4.69, 9.17) is 27.9 Å². The van der Waals surface area contributed by atoms with Crippen molar-refractivity contribution in [3.63, 3.8) is 0 Å². The monoisotopic (exact) mass is 751 g/mol. The number of quaternary nitrogens is 1. The Balaban J connectivity index is 1.61. The van der Waals surface area contributed by atoms with Crippen molar-refractivity contribution in [3.8, 4) is 11.4 Å². The molecule has 0 aliphatic heterocycles. The number of carbonyl (C=O) groups is 1. The molecule has 0 aliphatic rings. The number of aryl methyl sites for hydroxylation is 1. The van der Waals surface area contributed by atoms with Crippen molar-refractivity contribution in [2.24, 2.45) is 0 Å². The van der Waals surface area contributed by atoms with Gasteiger partial charge in [-0.2, -0.15) is 4.72 Å². The predicted octanol–water partition coefficient (Wildman–Crippen LogP) is 7.19. The second-order valence-corrected chi connectivity index (χ2v) is 16.3. The fraction of sp³-hybridized carbons (Fsp3) is 0.389. The van der Waals surface area contributed by atoms with Gasteiger partial charge in [0.1, 0.15) is 29.3 Å². The maximum atomic E-state index is 15.6. The van der Waals surface area contributed by atoms with Crippen LogP contribution in [0.4, 0.5) is 8.78 Å². The number of ether oxygens (including phenoxy) is 1. The maximum absolute atomic E-state index is 15.6. The first kappa shape index (κ1) is 39.2. The van der Waals surface area contributed by atoms with Gasteiger partial charge in [0.05, 0.1) is 50.4 Å². The third-order valence-electron chi connectivity index (χ3n) is 8.62. The minimum Gasteiger partial charge on any atom is -0.495 e. The first-order valence-electron chi connectivity index (χ1n) is 16.0. The van der Waals surface area contributed by atoms with Crippen LogP contribution in [0.3, 0.4) is 0 Å². The van der Waals surface area contributed by atoms with Crippen LogP contribution in [0, 0.1) is 11.6 Å². The highest BCUT2D eigenvalue weighted by atomic mass is 35.5. The number of benzene rings is 3. The molecule has 1 heterocycles. The van der Waals surface area contributed by atoms with Crippen molar-refractivity contribution < 1.29 is 36.3 Å². The summed E-state index contributed by atoms with van der Waals surface area (Å²) in [7, 11) is 3.15. The van der Waals surface area contributed by atoms with Gasteiger partial charge in [-0.25, -0.2) is 22.2 Å². The fourth-order valence-corrected chi connectivity index (χ4v) is 7.54. The highest BCUT2D eigenvalue weighted by molar-refractivity contribution is 7.89. The average molecular weight is 753 g/mol. The number of methoxy groups -OCH3 is 1. The number of carboxylic acids is 1. The predicted molar refractivity (Wildman–Crippen MR) is 191 cm³/mol. The fourth-order valence-electron chi connectivity index (χ4n) is 5.72. The lowest BCUT2D eigenvalue weighted by atomic mass is 9.81. The van der Waals surface area contributed by atoms with Gasteiger partial charge in [0, 0.05) is 34.3 Å². The summed E-state index contributed by atoms with van der Waals surface area (Å²) in [5.74, 6) is -1.56. The van der Waals surface area contributed by atoms with E-state index in [-0.39, 0.29) is 29.8 Å². The topological polar surface area (TPSA) is 111 Å². The van der Waals surface area contributed by atoms with Crippen LogP contribution in [0.1, 0.15) is 55.8 Å². The normalized spacial score (nSPS) is 13.0. The maximum Gasteiger partial charge on any atom is 0.321 e. The summed E-state index contributed by atoms with van der Waals surface area (Å²) in [5, 5.41) is 10.0. The molecule has 1 aromatic heterocycles. The summed E-state index contributed by atoms with van der Waals surface area (Å²) < 4.78 is 66.1. The van der Waals surface area contributed by atoms with Crippen LogP contribution in [-0.4, -0.2) is 74.4 Å². The number of aliphatic carboxylic acids is 1. The Hall–Kier alpha value is -3.55. The molecule has 50 heavy (non-hydrogen) atoms. The van der Waals surface area contributed by atoms with Gasteiger partial charge >= 0.3 is 5.97 Å². The van der Waals surface area contributed by atoms with E-state index >= 15 is 4.39 Å². The van der Waals surface area contributed by atoms with Gasteiger partial charge in [-0.15, -0.1) is 0 Å². The molecule has 9 nitrogen and oxygen atoms in total. The SMILES string of the molecule is COc1cc(C(C)(C)c2cnc(CCc3c(F)cc(S(=O)(=O)NC(CCCC[N+](C)(C)C)C(=O)O)cc3Cl)n2-c2ccc(F)cc2)ccc1Cl. The molecular formula is C36H43Cl2F2N4O5S+. The zero-order chi connectivity index (χ0) is 37.0. The highest BCUT2D eigenvalue weighted by Gasteiger charge is 2.31. The first-order valence-corrected chi connectivity index (χ1v) is 18.3. The molecule has 0 saturated carbocycles. The number of halogens is 4. The van der Waals surface area contributed by atoms with Crippen molar-refractivity contribution in [1.29, 1.82) is 0 Å². The summed E-state index contributed by atoms with van der Waals surface area (Å²) in [6.07, 6.45) is 3.22. The Labute approximate surface area is 302 Å². The first-order chi connectivity index (χ1) is 23.3. The Morgan fingerprint density at radius 1 is 1.02 bits per heavy atom. The number of carboxylic acid groups (broad SMARTS) is 1. The Bertz CT molecular complexity index is 1920. The molecule has 0 aliphatic carbocycles. The second kappa shape index (κ2) is 15.8. The van der Waals surface area contributed by atoms with Crippen molar-refractivity contribution in [3.05, 3.63) is 105 Å². The molecule has 14 heteroatoms. The molecule has 1 unspecified atom stereocenters. The largest absolute Gasteiger partial charge is 0.495 e. The van der Waals surface area contributed by atoms with Crippen LogP contribution in [0.15, 0.2) is 65.7 Å². The third-order valence-corrected chi connectivity index (χ3v) is 10.7. The molecule has 0 fully saturated rings. The lowest BCUT2D eigenvalue weighted by Gasteiger charge is -2.28. The van der Waals surface area contributed by atoms with E-state index in [0.717, 1.165) is 29.9 Å². The number of hydrogen-bond donors (Lipinski definition) is 2. The summed E-state index contributed by atoms with van der Waals surface area (Å²) in [5.41, 5.74) is 1.68. The Morgan fingerprint density at radius 2 is 1.70 bits per heavy atom. The molecule has 4 rings (SSSR count). The van der Waals surface area contributed by atoms with Gasteiger partial charge in [-0.05, 0) is 79.8 Å². The zero-order valence-corrected chi connectivity index (χ0v) is 31.3. The molecule has 4 aromatic rings. The lowest BCUT2D eigenvalue weighted by Crippen LogP contribution is -2.41. The van der Waals surface area contributed by atoms with Crippen molar-refractivity contribution in [1.82, 2.24) is 14.3 Å². The summed E-state index contributed by atoms with van der Waals surface area (Å²) in [6.45, 7) is 4.79. The summed E-state index contributed by atoms with van der Waals surface area (Å²) in [4.78, 5) is 16.1. The van der Waals surface area contributed by atoms with Crippen LogP contribution in [0.25, 0.3) is 5.69 Å². The van der Waals surface area contributed by atoms with Crippen LogP contribution >= 0.6 is 23.2 Å². The molecule has 2 N–H and O–H groups in total. The van der Waals surface area contributed by atoms with E-state index in [1.165, 1.54) is 19.2 Å². The van der Waals surface area contributed by atoms with E-state index in [1.807, 2.05) is 51.7 Å². The van der Waals surface area contributed by atoms with Crippen LogP contribution < -0.4 is 9.46 Å². The Morgan fingerprint density at radius 3 is 2.30 bits per heavy atom. The number of nitrogens with zero attached hydrogens (tertiary/aromatic N) is 3. The number of imidazole rings is 1. The van der Waals surface area contributed by atoms with Gasteiger partial charge in [-0.3, -0.25) is 9.36 Å². The molecule has 1 atom stereocenters. The molecular weight excluding hydrogens is 709 g/mol. The van der Waals surface area contributed by atoms with Gasteiger partial charge in [-0.1, -0.05) is 43.1 Å². The lowest BCUT2D eigenvalue weighted by molar-refractivity contribution is -0.870. The second-order valence-electron chi connectivity index (χ2n) is 13.7. The van der Waals surface area contributed by atoms with Crippen molar-refractivity contribution >= 4 is 39.2 Å². The van der Waals surface area contributed by atoms with E-state index in [2.05, 4.69) is 9.71 Å². The number of rotatable bonds is 16. The van der Waals surface area contributed by atoms with Gasteiger partial charge in [0.2, 0.25) is 10.0 Å². The molecule has 0 bridgehead atoms. The van der Waals surface area contributed by atoms with Crippen LogP contribution in [0.2, 0.25) is 10.0 Å². The highest BCUT2D eigenvalue weighted by Crippen LogP contribution is 2.38. The number of sulfonamides is 1. The third kappa shape index (κ3) is 9.41.